The zero-order chi connectivity index (χ0) is 23.3. The molecule has 0 fully saturated rings. The number of carbonyl (C=O) groups is 3. The van der Waals surface area contributed by atoms with Gasteiger partial charge in [-0.15, -0.1) is 0 Å². The van der Waals surface area contributed by atoms with Crippen LogP contribution in [0.5, 0.6) is 0 Å². The minimum Gasteiger partial charge on any atom is -0.449 e. The Morgan fingerprint density at radius 3 is 2.62 bits per heavy atom. The summed E-state index contributed by atoms with van der Waals surface area (Å²) < 4.78 is 6.94. The predicted molar refractivity (Wildman–Crippen MR) is 119 cm³/mol. The van der Waals surface area contributed by atoms with E-state index in [0.29, 0.717) is 24.0 Å². The summed E-state index contributed by atoms with van der Waals surface area (Å²) in [6, 6.07) is 3.93. The van der Waals surface area contributed by atoms with Crippen LogP contribution in [0.25, 0.3) is 10.9 Å². The Morgan fingerprint density at radius 1 is 1.12 bits per heavy atom. The number of esters is 1. The van der Waals surface area contributed by atoms with E-state index in [2.05, 4.69) is 15.6 Å². The number of ether oxygens (including phenoxy) is 1. The first-order chi connectivity index (χ1) is 15.3. The topological polar surface area (TPSA) is 119 Å². The van der Waals surface area contributed by atoms with Crippen molar-refractivity contribution >= 4 is 28.8 Å². The Bertz CT molecular complexity index is 1080. The van der Waals surface area contributed by atoms with E-state index in [1.165, 1.54) is 19.1 Å². The number of urea groups is 1. The molecule has 0 saturated carbocycles. The van der Waals surface area contributed by atoms with Crippen molar-refractivity contribution < 1.29 is 19.1 Å². The lowest BCUT2D eigenvalue weighted by atomic mass is 10.1. The fourth-order valence-corrected chi connectivity index (χ4v) is 3.56. The molecule has 1 atom stereocenters. The smallest absolute Gasteiger partial charge is 0.338 e. The van der Waals surface area contributed by atoms with E-state index in [9.17, 15) is 19.2 Å². The minimum atomic E-state index is -1.17. The van der Waals surface area contributed by atoms with Crippen molar-refractivity contribution in [3.63, 3.8) is 0 Å². The van der Waals surface area contributed by atoms with Crippen LogP contribution in [0.4, 0.5) is 4.79 Å². The number of hydrogen-bond donors (Lipinski definition) is 2. The van der Waals surface area contributed by atoms with Gasteiger partial charge in [0.15, 0.2) is 6.10 Å². The van der Waals surface area contributed by atoms with Crippen LogP contribution in [0.3, 0.4) is 0 Å². The van der Waals surface area contributed by atoms with Crippen LogP contribution in [0.15, 0.2) is 23.0 Å². The number of nitrogens with zero attached hydrogens (tertiary/aromatic N) is 2. The summed E-state index contributed by atoms with van der Waals surface area (Å²) in [6.45, 7) is 6.31. The molecule has 0 bridgehead atoms. The number of fused-ring (bicyclic) bond motifs is 2. The van der Waals surface area contributed by atoms with Crippen molar-refractivity contribution in [2.24, 2.45) is 5.92 Å². The van der Waals surface area contributed by atoms with Crippen molar-refractivity contribution in [3.8, 4) is 0 Å². The molecule has 32 heavy (non-hydrogen) atoms. The highest BCUT2D eigenvalue weighted by molar-refractivity contribution is 5.99. The number of aromatic nitrogens is 2. The molecule has 1 aromatic carbocycles. The predicted octanol–water partition coefficient (Wildman–Crippen LogP) is 2.54. The van der Waals surface area contributed by atoms with Crippen molar-refractivity contribution in [2.75, 3.05) is 6.54 Å². The van der Waals surface area contributed by atoms with Crippen LogP contribution in [-0.4, -0.2) is 40.1 Å². The lowest BCUT2D eigenvalue weighted by molar-refractivity contribution is -0.127. The first-order valence-corrected chi connectivity index (χ1v) is 11.1. The van der Waals surface area contributed by atoms with E-state index in [4.69, 9.17) is 4.74 Å². The molecule has 172 valence electrons. The van der Waals surface area contributed by atoms with E-state index >= 15 is 0 Å². The number of rotatable bonds is 5. The van der Waals surface area contributed by atoms with Crippen LogP contribution < -0.4 is 16.2 Å². The second kappa shape index (κ2) is 10.4. The maximum atomic E-state index is 12.9. The van der Waals surface area contributed by atoms with Crippen LogP contribution >= 0.6 is 0 Å². The van der Waals surface area contributed by atoms with Gasteiger partial charge >= 0.3 is 12.0 Å². The summed E-state index contributed by atoms with van der Waals surface area (Å²) in [5, 5.41) is 5.15. The molecule has 2 heterocycles. The highest BCUT2D eigenvalue weighted by atomic mass is 16.5. The largest absolute Gasteiger partial charge is 0.449 e. The third-order valence-corrected chi connectivity index (χ3v) is 5.36. The molecule has 2 aromatic rings. The molecule has 1 aliphatic rings. The first kappa shape index (κ1) is 23.4. The van der Waals surface area contributed by atoms with E-state index in [1.807, 2.05) is 13.8 Å². The molecule has 9 heteroatoms. The van der Waals surface area contributed by atoms with Crippen molar-refractivity contribution in [1.29, 1.82) is 0 Å². The molecule has 3 rings (SSSR count). The summed E-state index contributed by atoms with van der Waals surface area (Å²) in [4.78, 5) is 54.0. The zero-order valence-electron chi connectivity index (χ0n) is 18.8. The van der Waals surface area contributed by atoms with E-state index < -0.39 is 24.0 Å². The van der Waals surface area contributed by atoms with Gasteiger partial charge in [-0.2, -0.15) is 0 Å². The molecular formula is C23H30N4O5. The number of amides is 3. The standard InChI is InChI=1S/C23H30N4O5/c1-14(2)13-24-23(31)26-20(28)15(3)32-22(30)16-9-10-17-18(12-16)25-19-8-6-4-5-7-11-27(19)21(17)29/h9-10,12,14-15H,4-8,11,13H2,1-3H3,(H2,24,26,28,31)/t15-/m1/s1. The molecule has 9 nitrogen and oxygen atoms in total. The lowest BCUT2D eigenvalue weighted by Crippen LogP contribution is -2.45. The Morgan fingerprint density at radius 2 is 1.88 bits per heavy atom. The lowest BCUT2D eigenvalue weighted by Gasteiger charge is -2.17. The Kier molecular flexibility index (Phi) is 7.61. The molecule has 1 aliphatic heterocycles. The average Bonchev–Trinajstić information content (AvgIpc) is 2.73. The number of aryl methyl sites for hydroxylation is 1. The quantitative estimate of drug-likeness (QED) is 0.687. The molecule has 0 radical (unpaired) electrons. The number of nitrogens with one attached hydrogen (secondary N) is 2. The van der Waals surface area contributed by atoms with E-state index in [1.54, 1.807) is 10.6 Å². The molecular weight excluding hydrogens is 412 g/mol. The monoisotopic (exact) mass is 442 g/mol. The number of carbonyl (C=O) groups excluding carboxylic acids is 3. The molecule has 2 N–H and O–H groups in total. The second-order valence-corrected chi connectivity index (χ2v) is 8.52. The van der Waals surface area contributed by atoms with Gasteiger partial charge in [0.25, 0.3) is 11.5 Å². The molecule has 0 aliphatic carbocycles. The van der Waals surface area contributed by atoms with Gasteiger partial charge < -0.3 is 10.1 Å². The minimum absolute atomic E-state index is 0.105. The van der Waals surface area contributed by atoms with Gasteiger partial charge in [0.2, 0.25) is 0 Å². The van der Waals surface area contributed by atoms with Gasteiger partial charge in [0.05, 0.1) is 16.5 Å². The molecule has 0 spiro atoms. The zero-order valence-corrected chi connectivity index (χ0v) is 18.8. The van der Waals surface area contributed by atoms with E-state index in [0.717, 1.165) is 37.9 Å². The van der Waals surface area contributed by atoms with Crippen LogP contribution in [-0.2, 0) is 22.5 Å². The van der Waals surface area contributed by atoms with Crippen LogP contribution in [0.2, 0.25) is 0 Å². The highest BCUT2D eigenvalue weighted by Crippen LogP contribution is 2.17. The Balaban J connectivity index is 1.72. The maximum Gasteiger partial charge on any atom is 0.338 e. The average molecular weight is 443 g/mol. The molecule has 0 unspecified atom stereocenters. The van der Waals surface area contributed by atoms with Gasteiger partial charge in [-0.3, -0.25) is 19.5 Å². The summed E-state index contributed by atoms with van der Waals surface area (Å²) in [5.74, 6) is -0.489. The van der Waals surface area contributed by atoms with Crippen molar-refractivity contribution in [1.82, 2.24) is 20.2 Å². The third-order valence-electron chi connectivity index (χ3n) is 5.36. The number of imide groups is 1. The fraction of sp³-hybridized carbons (Fsp3) is 0.522. The van der Waals surface area contributed by atoms with Gasteiger partial charge in [-0.05, 0) is 43.9 Å². The van der Waals surface area contributed by atoms with Gasteiger partial charge in [-0.25, -0.2) is 14.6 Å². The molecule has 1 aromatic heterocycles. The number of hydrogen-bond acceptors (Lipinski definition) is 6. The Hall–Kier alpha value is -3.23. The van der Waals surface area contributed by atoms with Gasteiger partial charge in [0.1, 0.15) is 5.82 Å². The summed E-state index contributed by atoms with van der Waals surface area (Å²) >= 11 is 0. The fourth-order valence-electron chi connectivity index (χ4n) is 3.56. The summed E-state index contributed by atoms with van der Waals surface area (Å²) in [6.07, 6.45) is 3.67. The highest BCUT2D eigenvalue weighted by Gasteiger charge is 2.22. The second-order valence-electron chi connectivity index (χ2n) is 8.52. The molecule has 3 amide bonds. The van der Waals surface area contributed by atoms with Gasteiger partial charge in [-0.1, -0.05) is 26.7 Å². The first-order valence-electron chi connectivity index (χ1n) is 11.1. The van der Waals surface area contributed by atoms with Crippen molar-refractivity contribution in [3.05, 3.63) is 39.9 Å². The Labute approximate surface area is 186 Å². The number of benzene rings is 1. The normalized spacial score (nSPS) is 14.8. The van der Waals surface area contributed by atoms with Crippen LogP contribution in [0, 0.1) is 5.92 Å². The van der Waals surface area contributed by atoms with Crippen molar-refractivity contribution in [2.45, 2.75) is 65.5 Å². The molecule has 0 saturated heterocycles. The third kappa shape index (κ3) is 5.72. The summed E-state index contributed by atoms with van der Waals surface area (Å²) in [5.41, 5.74) is 0.512. The summed E-state index contributed by atoms with van der Waals surface area (Å²) in [7, 11) is 0. The van der Waals surface area contributed by atoms with Crippen LogP contribution in [0.1, 0.15) is 62.6 Å². The maximum absolute atomic E-state index is 12.9. The SMILES string of the molecule is CC(C)CNC(=O)NC(=O)[C@@H](C)OC(=O)c1ccc2c(=O)n3c(nc2c1)CCCCCC3. The van der Waals surface area contributed by atoms with E-state index in [-0.39, 0.29) is 17.0 Å². The van der Waals surface area contributed by atoms with Gasteiger partial charge in [0, 0.05) is 19.5 Å².